The normalized spacial score (nSPS) is 14.9. The molecule has 1 saturated heterocycles. The van der Waals surface area contributed by atoms with Gasteiger partial charge < -0.3 is 14.2 Å². The van der Waals surface area contributed by atoms with E-state index in [4.69, 9.17) is 32.5 Å². The Morgan fingerprint density at radius 3 is 2.68 bits per heavy atom. The van der Waals surface area contributed by atoms with Crippen molar-refractivity contribution >= 4 is 35.1 Å². The fourth-order valence-electron chi connectivity index (χ4n) is 3.34. The van der Waals surface area contributed by atoms with Crippen LogP contribution in [0.2, 0.25) is 10.2 Å². The van der Waals surface area contributed by atoms with Crippen LogP contribution >= 0.6 is 23.2 Å². The van der Waals surface area contributed by atoms with Crippen LogP contribution in [0.5, 0.6) is 0 Å². The van der Waals surface area contributed by atoms with Crippen molar-refractivity contribution < 1.29 is 18.8 Å². The molecule has 1 aliphatic rings. The number of rotatable bonds is 6. The monoisotopic (exact) mass is 425 g/mol. The summed E-state index contributed by atoms with van der Waals surface area (Å²) in [5.41, 5.74) is 1.09. The molecule has 9 heteroatoms. The van der Waals surface area contributed by atoms with E-state index in [1.54, 1.807) is 25.3 Å². The highest BCUT2D eigenvalue weighted by Gasteiger charge is 2.28. The molecule has 0 aromatic carbocycles. The Morgan fingerprint density at radius 1 is 1.29 bits per heavy atom. The molecule has 1 fully saturated rings. The maximum atomic E-state index is 12.5. The summed E-state index contributed by atoms with van der Waals surface area (Å²) in [6.45, 7) is 3.25. The van der Waals surface area contributed by atoms with E-state index in [1.807, 2.05) is 4.90 Å². The summed E-state index contributed by atoms with van der Waals surface area (Å²) in [5.74, 6) is 0.309. The highest BCUT2D eigenvalue weighted by Crippen LogP contribution is 2.31. The molecule has 2 aromatic heterocycles. The van der Waals surface area contributed by atoms with Gasteiger partial charge in [-0.2, -0.15) is 0 Å². The lowest BCUT2D eigenvalue weighted by Gasteiger charge is -2.32. The van der Waals surface area contributed by atoms with Crippen molar-refractivity contribution in [2.24, 2.45) is 0 Å². The number of halogens is 2. The van der Waals surface area contributed by atoms with Gasteiger partial charge in [0, 0.05) is 44.1 Å². The van der Waals surface area contributed by atoms with Crippen LogP contribution in [-0.4, -0.2) is 46.6 Å². The van der Waals surface area contributed by atoms with Crippen LogP contribution in [0.25, 0.3) is 0 Å². The van der Waals surface area contributed by atoms with Gasteiger partial charge >= 0.3 is 5.97 Å². The van der Waals surface area contributed by atoms with Gasteiger partial charge in [0.1, 0.15) is 5.76 Å². The van der Waals surface area contributed by atoms with Gasteiger partial charge in [0.15, 0.2) is 5.15 Å². The minimum Gasteiger partial charge on any atom is -0.462 e. The lowest BCUT2D eigenvalue weighted by molar-refractivity contribution is -0.132. The predicted molar refractivity (Wildman–Crippen MR) is 104 cm³/mol. The number of pyridine rings is 1. The topological polar surface area (TPSA) is 85.5 Å². The molecule has 3 heterocycles. The van der Waals surface area contributed by atoms with E-state index >= 15 is 0 Å². The Bertz CT molecular complexity index is 847. The number of amides is 1. The number of aromatic nitrogens is 2. The van der Waals surface area contributed by atoms with Gasteiger partial charge in [-0.25, -0.2) is 4.79 Å². The summed E-state index contributed by atoms with van der Waals surface area (Å²) in [6, 6.07) is 3.21. The lowest BCUT2D eigenvalue weighted by Crippen LogP contribution is -2.38. The van der Waals surface area contributed by atoms with Gasteiger partial charge in [0.25, 0.3) is 0 Å². The van der Waals surface area contributed by atoms with Crippen molar-refractivity contribution in [1.29, 1.82) is 0 Å². The predicted octanol–water partition coefficient (Wildman–Crippen LogP) is 3.89. The Morgan fingerprint density at radius 2 is 2.04 bits per heavy atom. The molecule has 0 N–H and O–H groups in total. The second-order valence-electron chi connectivity index (χ2n) is 6.58. The summed E-state index contributed by atoms with van der Waals surface area (Å²) in [4.78, 5) is 30.9. The van der Waals surface area contributed by atoms with E-state index in [0.29, 0.717) is 48.0 Å². The number of aryl methyl sites for hydroxylation is 1. The van der Waals surface area contributed by atoms with Gasteiger partial charge in [0.2, 0.25) is 5.91 Å². The first kappa shape index (κ1) is 20.6. The summed E-state index contributed by atoms with van der Waals surface area (Å²) >= 11 is 11.7. The van der Waals surface area contributed by atoms with E-state index in [0.717, 1.165) is 12.8 Å². The fourth-order valence-corrected chi connectivity index (χ4v) is 3.66. The van der Waals surface area contributed by atoms with E-state index in [-0.39, 0.29) is 23.6 Å². The van der Waals surface area contributed by atoms with Crippen molar-refractivity contribution in [3.8, 4) is 0 Å². The average molecular weight is 426 g/mol. The van der Waals surface area contributed by atoms with Gasteiger partial charge in [-0.15, -0.1) is 0 Å². The zero-order chi connectivity index (χ0) is 20.1. The second-order valence-corrected chi connectivity index (χ2v) is 7.40. The molecule has 2 aromatic rings. The molecule has 150 valence electrons. The van der Waals surface area contributed by atoms with E-state index in [1.165, 1.54) is 0 Å². The molecule has 7 nitrogen and oxygen atoms in total. The number of piperidine rings is 1. The number of hydrogen-bond acceptors (Lipinski definition) is 6. The van der Waals surface area contributed by atoms with Crippen molar-refractivity contribution in [3.63, 3.8) is 0 Å². The molecule has 0 spiro atoms. The SMILES string of the molecule is CCOC(=O)c1cc(Cl)cnc1C1CCN(C(=O)CCc2cc(Cl)no2)CC1. The van der Waals surface area contributed by atoms with E-state index in [2.05, 4.69) is 10.1 Å². The molecule has 0 bridgehead atoms. The molecular weight excluding hydrogens is 405 g/mol. The number of nitrogens with zero attached hydrogens (tertiary/aromatic N) is 3. The lowest BCUT2D eigenvalue weighted by atomic mass is 9.90. The minimum atomic E-state index is -0.420. The van der Waals surface area contributed by atoms with Crippen LogP contribution in [0.15, 0.2) is 22.9 Å². The number of carbonyl (C=O) groups excluding carboxylic acids is 2. The van der Waals surface area contributed by atoms with Crippen LogP contribution < -0.4 is 0 Å². The Hall–Kier alpha value is -2.12. The number of ether oxygens (including phenoxy) is 1. The molecule has 1 aliphatic heterocycles. The third kappa shape index (κ3) is 5.02. The molecular formula is C19H21Cl2N3O4. The number of hydrogen-bond donors (Lipinski definition) is 0. The maximum Gasteiger partial charge on any atom is 0.340 e. The fraction of sp³-hybridized carbons (Fsp3) is 0.474. The van der Waals surface area contributed by atoms with Crippen molar-refractivity contribution in [2.75, 3.05) is 19.7 Å². The standard InChI is InChI=1S/C19H21Cl2N3O4/c1-2-27-19(26)15-9-13(20)11-22-18(15)12-5-7-24(8-6-12)17(25)4-3-14-10-16(21)23-28-14/h9-12H,2-8H2,1H3. The molecule has 28 heavy (non-hydrogen) atoms. The molecule has 0 radical (unpaired) electrons. The Labute approximate surface area is 172 Å². The highest BCUT2D eigenvalue weighted by molar-refractivity contribution is 6.30. The first-order valence-corrected chi connectivity index (χ1v) is 9.95. The Kier molecular flexibility index (Phi) is 6.91. The van der Waals surface area contributed by atoms with Gasteiger partial charge in [0.05, 0.1) is 22.9 Å². The molecule has 0 saturated carbocycles. The molecule has 0 aliphatic carbocycles. The molecule has 0 unspecified atom stereocenters. The van der Waals surface area contributed by atoms with Crippen LogP contribution in [0.3, 0.4) is 0 Å². The van der Waals surface area contributed by atoms with Crippen molar-refractivity contribution in [3.05, 3.63) is 45.5 Å². The van der Waals surface area contributed by atoms with Crippen molar-refractivity contribution in [2.45, 2.75) is 38.5 Å². The van der Waals surface area contributed by atoms with Crippen LogP contribution in [0, 0.1) is 0 Å². The summed E-state index contributed by atoms with van der Waals surface area (Å²) in [7, 11) is 0. The summed E-state index contributed by atoms with van der Waals surface area (Å²) in [5, 5.41) is 4.29. The van der Waals surface area contributed by atoms with Crippen LogP contribution in [0.1, 0.15) is 53.9 Å². The van der Waals surface area contributed by atoms with Crippen LogP contribution in [0.4, 0.5) is 0 Å². The summed E-state index contributed by atoms with van der Waals surface area (Å²) in [6.07, 6.45) is 3.79. The van der Waals surface area contributed by atoms with Gasteiger partial charge in [-0.3, -0.25) is 9.78 Å². The second kappa shape index (κ2) is 9.39. The van der Waals surface area contributed by atoms with Crippen LogP contribution in [-0.2, 0) is 16.0 Å². The quantitative estimate of drug-likeness (QED) is 0.652. The molecule has 1 amide bonds. The number of esters is 1. The minimum absolute atomic E-state index is 0.0562. The average Bonchev–Trinajstić information content (AvgIpc) is 3.11. The first-order valence-electron chi connectivity index (χ1n) is 9.19. The summed E-state index contributed by atoms with van der Waals surface area (Å²) < 4.78 is 10.2. The Balaban J connectivity index is 1.59. The third-order valence-electron chi connectivity index (χ3n) is 4.73. The maximum absolute atomic E-state index is 12.5. The molecule has 0 atom stereocenters. The van der Waals surface area contributed by atoms with E-state index in [9.17, 15) is 9.59 Å². The first-order chi connectivity index (χ1) is 13.5. The highest BCUT2D eigenvalue weighted by atomic mass is 35.5. The molecule has 3 rings (SSSR count). The zero-order valence-corrected chi connectivity index (χ0v) is 17.0. The van der Waals surface area contributed by atoms with Gasteiger partial charge in [-0.05, 0) is 25.8 Å². The smallest absolute Gasteiger partial charge is 0.340 e. The van der Waals surface area contributed by atoms with Crippen molar-refractivity contribution in [1.82, 2.24) is 15.0 Å². The number of likely N-dealkylation sites (tertiary alicyclic amines) is 1. The third-order valence-corrected chi connectivity index (χ3v) is 5.12. The largest absolute Gasteiger partial charge is 0.462 e. The zero-order valence-electron chi connectivity index (χ0n) is 15.5. The number of carbonyl (C=O) groups is 2. The van der Waals surface area contributed by atoms with E-state index < -0.39 is 5.97 Å². The van der Waals surface area contributed by atoms with Gasteiger partial charge in [-0.1, -0.05) is 28.4 Å².